The lowest BCUT2D eigenvalue weighted by Crippen LogP contribution is -2.33. The highest BCUT2D eigenvalue weighted by atomic mass is 16.6. The molecule has 1 N–H and O–H groups in total. The van der Waals surface area contributed by atoms with Gasteiger partial charge in [-0.3, -0.25) is 14.9 Å². The van der Waals surface area contributed by atoms with Gasteiger partial charge in [-0.15, -0.1) is 0 Å². The van der Waals surface area contributed by atoms with Crippen molar-refractivity contribution in [2.45, 2.75) is 19.4 Å². The number of nitro benzene ring substituents is 1. The van der Waals surface area contributed by atoms with E-state index in [1.807, 2.05) is 0 Å². The lowest BCUT2D eigenvalue weighted by atomic mass is 10.1. The minimum Gasteiger partial charge on any atom is -0.477 e. The summed E-state index contributed by atoms with van der Waals surface area (Å²) in [5.41, 5.74) is 0.340. The van der Waals surface area contributed by atoms with Gasteiger partial charge in [-0.2, -0.15) is 5.10 Å². The number of hydrogen-bond acceptors (Lipinski definition) is 5. The van der Waals surface area contributed by atoms with E-state index in [1.54, 1.807) is 6.07 Å². The molecule has 0 aliphatic carbocycles. The molecule has 0 unspecified atom stereocenters. The fourth-order valence-electron chi connectivity index (χ4n) is 1.82. The number of benzene rings is 1. The van der Waals surface area contributed by atoms with Gasteiger partial charge in [0, 0.05) is 25.0 Å². The van der Waals surface area contributed by atoms with Crippen molar-refractivity contribution in [1.29, 1.82) is 0 Å². The first-order chi connectivity index (χ1) is 9.47. The Morgan fingerprint density at radius 1 is 1.45 bits per heavy atom. The molecule has 1 aromatic rings. The zero-order valence-electron chi connectivity index (χ0n) is 10.4. The standard InChI is InChI=1S/C12H11N3O5/c16-11-5-4-10(12(17)18)13-14(11)7-8-2-1-3-9(6-8)15(19)20/h1-3,6H,4-5,7H2,(H,17,18). The van der Waals surface area contributed by atoms with E-state index in [0.29, 0.717) is 5.56 Å². The highest BCUT2D eigenvalue weighted by molar-refractivity contribution is 6.36. The first-order valence-corrected chi connectivity index (χ1v) is 5.82. The van der Waals surface area contributed by atoms with Crippen LogP contribution in [0.25, 0.3) is 0 Å². The molecular formula is C12H11N3O5. The SMILES string of the molecule is O=C(O)C1=NN(Cc2cccc([N+](=O)[O-])c2)C(=O)CC1. The lowest BCUT2D eigenvalue weighted by molar-refractivity contribution is -0.384. The van der Waals surface area contributed by atoms with Crippen molar-refractivity contribution in [2.24, 2.45) is 5.10 Å². The smallest absolute Gasteiger partial charge is 0.352 e. The average molecular weight is 277 g/mol. The van der Waals surface area contributed by atoms with Gasteiger partial charge in [-0.1, -0.05) is 12.1 Å². The van der Waals surface area contributed by atoms with Crippen LogP contribution in [0.2, 0.25) is 0 Å². The Labute approximate surface area is 113 Å². The second-order valence-electron chi connectivity index (χ2n) is 4.23. The van der Waals surface area contributed by atoms with Crippen molar-refractivity contribution in [3.63, 3.8) is 0 Å². The number of carboxylic acids is 1. The molecule has 0 saturated heterocycles. The van der Waals surface area contributed by atoms with Crippen LogP contribution in [0.15, 0.2) is 29.4 Å². The maximum absolute atomic E-state index is 11.7. The normalized spacial score (nSPS) is 14.9. The molecule has 8 heteroatoms. The first kappa shape index (κ1) is 13.7. The number of aliphatic carboxylic acids is 1. The Kier molecular flexibility index (Phi) is 3.74. The largest absolute Gasteiger partial charge is 0.477 e. The molecule has 0 bridgehead atoms. The molecule has 0 spiro atoms. The van der Waals surface area contributed by atoms with Crippen LogP contribution in [0.3, 0.4) is 0 Å². The van der Waals surface area contributed by atoms with Crippen molar-refractivity contribution in [2.75, 3.05) is 0 Å². The van der Waals surface area contributed by atoms with Crippen molar-refractivity contribution >= 4 is 23.3 Å². The number of nitrogens with zero attached hydrogens (tertiary/aromatic N) is 3. The number of rotatable bonds is 4. The number of nitro groups is 1. The molecule has 0 radical (unpaired) electrons. The topological polar surface area (TPSA) is 113 Å². The van der Waals surface area contributed by atoms with Crippen LogP contribution in [0.4, 0.5) is 5.69 Å². The van der Waals surface area contributed by atoms with E-state index in [2.05, 4.69) is 5.10 Å². The summed E-state index contributed by atoms with van der Waals surface area (Å²) in [4.78, 5) is 32.7. The Hall–Kier alpha value is -2.77. The predicted octanol–water partition coefficient (Wildman–Crippen LogP) is 1.16. The Balaban J connectivity index is 2.22. The summed E-state index contributed by atoms with van der Waals surface area (Å²) < 4.78 is 0. The van der Waals surface area contributed by atoms with Gasteiger partial charge >= 0.3 is 5.97 Å². The number of hydrazone groups is 1. The summed E-state index contributed by atoms with van der Waals surface area (Å²) in [7, 11) is 0. The summed E-state index contributed by atoms with van der Waals surface area (Å²) in [6, 6.07) is 5.79. The Morgan fingerprint density at radius 3 is 2.85 bits per heavy atom. The van der Waals surface area contributed by atoms with Crippen molar-refractivity contribution in [3.8, 4) is 0 Å². The van der Waals surface area contributed by atoms with Gasteiger partial charge in [0.25, 0.3) is 5.69 Å². The van der Waals surface area contributed by atoms with E-state index in [9.17, 15) is 19.7 Å². The maximum atomic E-state index is 11.7. The molecule has 104 valence electrons. The molecule has 0 fully saturated rings. The van der Waals surface area contributed by atoms with Crippen LogP contribution in [0.1, 0.15) is 18.4 Å². The quantitative estimate of drug-likeness (QED) is 0.655. The van der Waals surface area contributed by atoms with Gasteiger partial charge in [0.1, 0.15) is 5.71 Å². The van der Waals surface area contributed by atoms with Crippen LogP contribution in [-0.4, -0.2) is 32.6 Å². The van der Waals surface area contributed by atoms with E-state index in [0.717, 1.165) is 5.01 Å². The maximum Gasteiger partial charge on any atom is 0.352 e. The Bertz CT molecular complexity index is 611. The summed E-state index contributed by atoms with van der Waals surface area (Å²) >= 11 is 0. The van der Waals surface area contributed by atoms with Crippen LogP contribution < -0.4 is 0 Å². The lowest BCUT2D eigenvalue weighted by Gasteiger charge is -2.22. The van der Waals surface area contributed by atoms with Crippen LogP contribution >= 0.6 is 0 Å². The fourth-order valence-corrected chi connectivity index (χ4v) is 1.82. The molecule has 0 saturated carbocycles. The molecule has 1 aromatic carbocycles. The third-order valence-corrected chi connectivity index (χ3v) is 2.81. The number of carboxylic acid groups (broad SMARTS) is 1. The van der Waals surface area contributed by atoms with E-state index in [4.69, 9.17) is 5.11 Å². The molecule has 0 aromatic heterocycles. The van der Waals surface area contributed by atoms with E-state index in [-0.39, 0.29) is 36.7 Å². The molecule has 1 aliphatic heterocycles. The average Bonchev–Trinajstić information content (AvgIpc) is 2.41. The third kappa shape index (κ3) is 2.97. The third-order valence-electron chi connectivity index (χ3n) is 2.81. The van der Waals surface area contributed by atoms with Crippen molar-refractivity contribution < 1.29 is 19.6 Å². The second kappa shape index (κ2) is 5.47. The van der Waals surface area contributed by atoms with E-state index in [1.165, 1.54) is 18.2 Å². The van der Waals surface area contributed by atoms with Gasteiger partial charge in [-0.25, -0.2) is 9.80 Å². The molecular weight excluding hydrogens is 266 g/mol. The number of amides is 1. The summed E-state index contributed by atoms with van der Waals surface area (Å²) in [5.74, 6) is -1.47. The number of carbonyl (C=O) groups is 2. The van der Waals surface area contributed by atoms with Crippen molar-refractivity contribution in [3.05, 3.63) is 39.9 Å². The van der Waals surface area contributed by atoms with Crippen molar-refractivity contribution in [1.82, 2.24) is 5.01 Å². The molecule has 8 nitrogen and oxygen atoms in total. The van der Waals surface area contributed by atoms with Gasteiger partial charge in [-0.05, 0) is 5.56 Å². The van der Waals surface area contributed by atoms with Gasteiger partial charge in [0.2, 0.25) is 5.91 Å². The fraction of sp³-hybridized carbons (Fsp3) is 0.250. The number of hydrogen-bond donors (Lipinski definition) is 1. The highest BCUT2D eigenvalue weighted by Gasteiger charge is 2.24. The molecule has 1 heterocycles. The van der Waals surface area contributed by atoms with E-state index >= 15 is 0 Å². The van der Waals surface area contributed by atoms with Crippen LogP contribution in [-0.2, 0) is 16.1 Å². The molecule has 0 atom stereocenters. The molecule has 1 amide bonds. The minimum atomic E-state index is -1.17. The predicted molar refractivity (Wildman–Crippen MR) is 68.0 cm³/mol. The second-order valence-corrected chi connectivity index (χ2v) is 4.23. The van der Waals surface area contributed by atoms with Crippen LogP contribution in [0.5, 0.6) is 0 Å². The van der Waals surface area contributed by atoms with Gasteiger partial charge in [0.05, 0.1) is 11.5 Å². The zero-order valence-corrected chi connectivity index (χ0v) is 10.4. The number of carbonyl (C=O) groups excluding carboxylic acids is 1. The highest BCUT2D eigenvalue weighted by Crippen LogP contribution is 2.17. The summed E-state index contributed by atoms with van der Waals surface area (Å²) in [5, 5.41) is 24.3. The minimum absolute atomic E-state index is 0.0112. The summed E-state index contributed by atoms with van der Waals surface area (Å²) in [6.45, 7) is 0.0112. The monoisotopic (exact) mass is 277 g/mol. The molecule has 20 heavy (non-hydrogen) atoms. The first-order valence-electron chi connectivity index (χ1n) is 5.82. The Morgan fingerprint density at radius 2 is 2.20 bits per heavy atom. The zero-order chi connectivity index (χ0) is 14.7. The molecule has 1 aliphatic rings. The van der Waals surface area contributed by atoms with Gasteiger partial charge < -0.3 is 5.11 Å². The number of non-ortho nitro benzene ring substituents is 1. The van der Waals surface area contributed by atoms with E-state index < -0.39 is 10.9 Å². The summed E-state index contributed by atoms with van der Waals surface area (Å²) in [6.07, 6.45) is 0.166. The van der Waals surface area contributed by atoms with Crippen LogP contribution in [0, 0.1) is 10.1 Å². The van der Waals surface area contributed by atoms with Gasteiger partial charge in [0.15, 0.2) is 0 Å². The molecule has 2 rings (SSSR count).